The van der Waals surface area contributed by atoms with E-state index in [9.17, 15) is 8.42 Å². The van der Waals surface area contributed by atoms with Crippen LogP contribution in [-0.2, 0) is 16.4 Å². The zero-order chi connectivity index (χ0) is 17.6. The molecule has 0 saturated heterocycles. The standard InChI is InChI=1S/C18H29N3O2S.HI/c1-4-19-18(21-16-9-5-14(2)6-10-16)20-13-15-7-11-17(12-8-15)24(3,22)23;/h7-8,11-12,14,16H,4-6,9-10,13H2,1-3H3,(H2,19,20,21);1H. The van der Waals surface area contributed by atoms with Gasteiger partial charge in [-0.05, 0) is 56.2 Å². The fraction of sp³-hybridized carbons (Fsp3) is 0.611. The highest BCUT2D eigenvalue weighted by Crippen LogP contribution is 2.23. The monoisotopic (exact) mass is 479 g/mol. The number of guanidine groups is 1. The van der Waals surface area contributed by atoms with Crippen molar-refractivity contribution in [2.24, 2.45) is 10.9 Å². The summed E-state index contributed by atoms with van der Waals surface area (Å²) in [6.07, 6.45) is 6.13. The van der Waals surface area contributed by atoms with Gasteiger partial charge in [0.05, 0.1) is 11.4 Å². The van der Waals surface area contributed by atoms with Gasteiger partial charge in [0.25, 0.3) is 0 Å². The Morgan fingerprint density at radius 3 is 2.28 bits per heavy atom. The largest absolute Gasteiger partial charge is 0.357 e. The molecule has 1 saturated carbocycles. The first-order valence-corrected chi connectivity index (χ1v) is 10.6. The molecule has 2 rings (SSSR count). The van der Waals surface area contributed by atoms with Gasteiger partial charge < -0.3 is 10.6 Å². The maximum absolute atomic E-state index is 11.5. The number of hydrogen-bond donors (Lipinski definition) is 2. The summed E-state index contributed by atoms with van der Waals surface area (Å²) in [6, 6.07) is 7.43. The molecule has 0 unspecified atom stereocenters. The second-order valence-corrected chi connectivity index (χ2v) is 8.73. The van der Waals surface area contributed by atoms with Crippen LogP contribution in [0, 0.1) is 5.92 Å². The minimum atomic E-state index is -3.14. The molecule has 1 aliphatic rings. The van der Waals surface area contributed by atoms with E-state index < -0.39 is 9.84 Å². The van der Waals surface area contributed by atoms with Crippen LogP contribution in [0.5, 0.6) is 0 Å². The molecular formula is C18H30IN3O2S. The first-order chi connectivity index (χ1) is 11.4. The molecule has 2 N–H and O–H groups in total. The van der Waals surface area contributed by atoms with Crippen LogP contribution < -0.4 is 10.6 Å². The lowest BCUT2D eigenvalue weighted by Crippen LogP contribution is -2.44. The topological polar surface area (TPSA) is 70.6 Å². The molecule has 0 spiro atoms. The Morgan fingerprint density at radius 1 is 1.16 bits per heavy atom. The Kier molecular flexibility index (Phi) is 9.20. The van der Waals surface area contributed by atoms with Gasteiger partial charge in [-0.1, -0.05) is 19.1 Å². The van der Waals surface area contributed by atoms with Gasteiger partial charge in [0.2, 0.25) is 0 Å². The van der Waals surface area contributed by atoms with Crippen LogP contribution in [0.25, 0.3) is 0 Å². The van der Waals surface area contributed by atoms with Gasteiger partial charge in [-0.2, -0.15) is 0 Å². The molecule has 0 aromatic heterocycles. The Labute approximate surface area is 169 Å². The molecule has 1 aromatic rings. The first kappa shape index (κ1) is 22.2. The van der Waals surface area contributed by atoms with Gasteiger partial charge in [0, 0.05) is 18.8 Å². The van der Waals surface area contributed by atoms with E-state index in [4.69, 9.17) is 0 Å². The van der Waals surface area contributed by atoms with Crippen molar-refractivity contribution in [1.29, 1.82) is 0 Å². The first-order valence-electron chi connectivity index (χ1n) is 8.72. The minimum Gasteiger partial charge on any atom is -0.357 e. The number of aliphatic imine (C=N–C) groups is 1. The Bertz CT molecular complexity index is 651. The number of halogens is 1. The lowest BCUT2D eigenvalue weighted by atomic mass is 9.87. The quantitative estimate of drug-likeness (QED) is 0.386. The number of benzene rings is 1. The molecule has 1 fully saturated rings. The predicted molar refractivity (Wildman–Crippen MR) is 114 cm³/mol. The molecule has 142 valence electrons. The van der Waals surface area contributed by atoms with E-state index >= 15 is 0 Å². The van der Waals surface area contributed by atoms with Crippen molar-refractivity contribution in [3.05, 3.63) is 29.8 Å². The van der Waals surface area contributed by atoms with E-state index in [1.54, 1.807) is 12.1 Å². The number of nitrogens with zero attached hydrogens (tertiary/aromatic N) is 1. The lowest BCUT2D eigenvalue weighted by molar-refractivity contribution is 0.329. The van der Waals surface area contributed by atoms with Gasteiger partial charge in [-0.3, -0.25) is 0 Å². The molecule has 0 radical (unpaired) electrons. The Balaban J connectivity index is 0.00000312. The average molecular weight is 479 g/mol. The van der Waals surface area contributed by atoms with Crippen LogP contribution >= 0.6 is 24.0 Å². The molecule has 1 aromatic carbocycles. The van der Waals surface area contributed by atoms with Gasteiger partial charge in [0.15, 0.2) is 15.8 Å². The molecule has 25 heavy (non-hydrogen) atoms. The molecule has 0 bridgehead atoms. The highest BCUT2D eigenvalue weighted by atomic mass is 127. The number of rotatable bonds is 5. The predicted octanol–water partition coefficient (Wildman–Crippen LogP) is 3.34. The van der Waals surface area contributed by atoms with Crippen molar-refractivity contribution in [2.45, 2.75) is 57.0 Å². The summed E-state index contributed by atoms with van der Waals surface area (Å²) in [7, 11) is -3.14. The van der Waals surface area contributed by atoms with Crippen LogP contribution in [0.4, 0.5) is 0 Å². The smallest absolute Gasteiger partial charge is 0.191 e. The zero-order valence-corrected chi connectivity index (χ0v) is 18.4. The van der Waals surface area contributed by atoms with Gasteiger partial charge in [0.1, 0.15) is 0 Å². The number of sulfone groups is 1. The van der Waals surface area contributed by atoms with E-state index in [1.165, 1.54) is 31.9 Å². The summed E-state index contributed by atoms with van der Waals surface area (Å²) in [5.74, 6) is 1.67. The third-order valence-electron chi connectivity index (χ3n) is 4.47. The third-order valence-corrected chi connectivity index (χ3v) is 5.60. The summed E-state index contributed by atoms with van der Waals surface area (Å²) >= 11 is 0. The van der Waals surface area contributed by atoms with Gasteiger partial charge in [-0.25, -0.2) is 13.4 Å². The molecular weight excluding hydrogens is 449 g/mol. The van der Waals surface area contributed by atoms with Crippen LogP contribution in [0.3, 0.4) is 0 Å². The Morgan fingerprint density at radius 2 is 1.76 bits per heavy atom. The van der Waals surface area contributed by atoms with Crippen LogP contribution in [0.2, 0.25) is 0 Å². The lowest BCUT2D eigenvalue weighted by Gasteiger charge is -2.28. The van der Waals surface area contributed by atoms with Crippen molar-refractivity contribution in [3.8, 4) is 0 Å². The average Bonchev–Trinajstić information content (AvgIpc) is 2.54. The van der Waals surface area contributed by atoms with Gasteiger partial charge >= 0.3 is 0 Å². The maximum atomic E-state index is 11.5. The van der Waals surface area contributed by atoms with Crippen molar-refractivity contribution in [2.75, 3.05) is 12.8 Å². The second-order valence-electron chi connectivity index (χ2n) is 6.71. The van der Waals surface area contributed by atoms with Crippen LogP contribution in [-0.4, -0.2) is 33.2 Å². The van der Waals surface area contributed by atoms with E-state index in [0.29, 0.717) is 17.5 Å². The van der Waals surface area contributed by atoms with Crippen molar-refractivity contribution >= 4 is 39.8 Å². The van der Waals surface area contributed by atoms with Crippen molar-refractivity contribution in [1.82, 2.24) is 10.6 Å². The van der Waals surface area contributed by atoms with E-state index in [-0.39, 0.29) is 24.0 Å². The van der Waals surface area contributed by atoms with Crippen LogP contribution in [0.1, 0.15) is 45.1 Å². The summed E-state index contributed by atoms with van der Waals surface area (Å²) < 4.78 is 23.0. The van der Waals surface area contributed by atoms with Gasteiger partial charge in [-0.15, -0.1) is 24.0 Å². The van der Waals surface area contributed by atoms with Crippen molar-refractivity contribution < 1.29 is 8.42 Å². The molecule has 7 heteroatoms. The normalized spacial score (nSPS) is 21.3. The highest BCUT2D eigenvalue weighted by molar-refractivity contribution is 14.0. The fourth-order valence-corrected chi connectivity index (χ4v) is 3.56. The number of hydrogen-bond acceptors (Lipinski definition) is 3. The van der Waals surface area contributed by atoms with E-state index in [1.807, 2.05) is 12.1 Å². The molecule has 0 atom stereocenters. The molecule has 5 nitrogen and oxygen atoms in total. The van der Waals surface area contributed by atoms with E-state index in [0.717, 1.165) is 24.0 Å². The van der Waals surface area contributed by atoms with Crippen molar-refractivity contribution in [3.63, 3.8) is 0 Å². The SMILES string of the molecule is CCNC(=NCc1ccc(S(C)(=O)=O)cc1)NC1CCC(C)CC1.I. The fourth-order valence-electron chi connectivity index (χ4n) is 2.93. The molecule has 0 aliphatic heterocycles. The molecule has 1 aliphatic carbocycles. The third kappa shape index (κ3) is 7.52. The van der Waals surface area contributed by atoms with Crippen LogP contribution in [0.15, 0.2) is 34.2 Å². The summed E-state index contributed by atoms with van der Waals surface area (Å²) in [5, 5.41) is 6.82. The Hall–Kier alpha value is -0.830. The maximum Gasteiger partial charge on any atom is 0.191 e. The number of nitrogens with one attached hydrogen (secondary N) is 2. The summed E-state index contributed by atoms with van der Waals surface area (Å²) in [5.41, 5.74) is 0.997. The highest BCUT2D eigenvalue weighted by Gasteiger charge is 2.18. The zero-order valence-electron chi connectivity index (χ0n) is 15.3. The summed E-state index contributed by atoms with van der Waals surface area (Å²) in [6.45, 7) is 5.72. The minimum absolute atomic E-state index is 0. The molecule has 0 heterocycles. The summed E-state index contributed by atoms with van der Waals surface area (Å²) in [4.78, 5) is 4.98. The molecule has 0 amide bonds. The van der Waals surface area contributed by atoms with E-state index in [2.05, 4.69) is 29.5 Å². The second kappa shape index (κ2) is 10.4.